The second-order valence-electron chi connectivity index (χ2n) is 7.80. The van der Waals surface area contributed by atoms with Crippen molar-refractivity contribution in [2.45, 2.75) is 32.3 Å². The van der Waals surface area contributed by atoms with Crippen LogP contribution in [-0.4, -0.2) is 40.0 Å². The molecule has 0 bridgehead atoms. The summed E-state index contributed by atoms with van der Waals surface area (Å²) >= 11 is 1.57. The normalized spacial score (nSPS) is 12.2. The zero-order chi connectivity index (χ0) is 24.7. The topological polar surface area (TPSA) is 96.7 Å². The van der Waals surface area contributed by atoms with E-state index in [9.17, 15) is 18.9 Å². The number of rotatable bonds is 9. The van der Waals surface area contributed by atoms with Crippen LogP contribution in [0.3, 0.4) is 0 Å². The second kappa shape index (κ2) is 12.0. The Balaban J connectivity index is 1.92. The zero-order valence-corrected chi connectivity index (χ0v) is 20.4. The number of thiophene rings is 1. The van der Waals surface area contributed by atoms with Crippen LogP contribution < -0.4 is 0 Å². The summed E-state index contributed by atoms with van der Waals surface area (Å²) in [7, 11) is -2.26. The fraction of sp³-hybridized carbons (Fsp3) is 0.280. The van der Waals surface area contributed by atoms with Crippen molar-refractivity contribution in [1.29, 1.82) is 0 Å². The third-order valence-electron chi connectivity index (χ3n) is 4.79. The highest BCUT2D eigenvalue weighted by Crippen LogP contribution is 2.34. The molecule has 0 saturated carbocycles. The number of nitrogens with zero attached hydrogens (tertiary/aromatic N) is 1. The number of aliphatic hydroxyl groups excluding tert-OH is 1. The molecule has 0 amide bonds. The van der Waals surface area contributed by atoms with Gasteiger partial charge in [0.2, 0.25) is 6.16 Å². The number of halogens is 1. The molecule has 0 saturated heterocycles. The summed E-state index contributed by atoms with van der Waals surface area (Å²) in [5, 5.41) is 20.2. The summed E-state index contributed by atoms with van der Waals surface area (Å²) in [4.78, 5) is 16.5. The number of aromatic nitrogens is 1. The molecule has 2 N–H and O–H groups in total. The van der Waals surface area contributed by atoms with E-state index in [1.54, 1.807) is 23.5 Å². The minimum absolute atomic E-state index is 0.0483. The van der Waals surface area contributed by atoms with Crippen LogP contribution in [0.15, 0.2) is 47.8 Å². The quantitative estimate of drug-likeness (QED) is 0.290. The maximum Gasteiger partial charge on any atom is 0.511 e. The Morgan fingerprint density at radius 3 is 2.62 bits per heavy atom. The van der Waals surface area contributed by atoms with E-state index in [4.69, 9.17) is 14.6 Å². The van der Waals surface area contributed by atoms with E-state index in [-0.39, 0.29) is 24.5 Å². The Labute approximate surface area is 202 Å². The molecule has 2 atom stereocenters. The molecule has 0 aliphatic carbocycles. The van der Waals surface area contributed by atoms with Crippen LogP contribution in [-0.2, 0) is 13.9 Å². The van der Waals surface area contributed by atoms with Crippen molar-refractivity contribution in [1.82, 2.24) is 4.98 Å². The molecule has 2 aromatic heterocycles. The molecule has 176 valence electrons. The SMILES string of the molecule is CC(C)c1nc(-c2cccs2)cc(-c2ccc(F)cc2)c1C#CCO[P+](=O)CC(O)CC(=O)O. The van der Waals surface area contributed by atoms with Crippen LogP contribution >= 0.6 is 19.4 Å². The second-order valence-corrected chi connectivity index (χ2v) is 10.0. The summed E-state index contributed by atoms with van der Waals surface area (Å²) in [6.45, 7) is 3.86. The molecule has 0 radical (unpaired) electrons. The van der Waals surface area contributed by atoms with E-state index < -0.39 is 26.5 Å². The van der Waals surface area contributed by atoms with Gasteiger partial charge in [-0.25, -0.2) is 4.39 Å². The fourth-order valence-corrected chi connectivity index (χ4v) is 4.71. The predicted molar refractivity (Wildman–Crippen MR) is 131 cm³/mol. The number of carboxylic acids is 1. The monoisotopic (exact) mass is 500 g/mol. The third kappa shape index (κ3) is 7.02. The maximum absolute atomic E-state index is 13.6. The van der Waals surface area contributed by atoms with Gasteiger partial charge < -0.3 is 10.2 Å². The first-order valence-corrected chi connectivity index (χ1v) is 12.8. The van der Waals surface area contributed by atoms with Gasteiger partial charge in [-0.05, 0) is 45.7 Å². The van der Waals surface area contributed by atoms with Crippen LogP contribution in [0.1, 0.15) is 37.4 Å². The van der Waals surface area contributed by atoms with Gasteiger partial charge in [0, 0.05) is 5.56 Å². The van der Waals surface area contributed by atoms with Gasteiger partial charge in [-0.2, -0.15) is 0 Å². The van der Waals surface area contributed by atoms with Crippen LogP contribution in [0.2, 0.25) is 0 Å². The fourth-order valence-electron chi connectivity index (χ4n) is 3.24. The number of aliphatic carboxylic acids is 1. The van der Waals surface area contributed by atoms with Gasteiger partial charge in [0.15, 0.2) is 6.61 Å². The highest BCUT2D eigenvalue weighted by Gasteiger charge is 2.25. The zero-order valence-electron chi connectivity index (χ0n) is 18.7. The van der Waals surface area contributed by atoms with Crippen molar-refractivity contribution < 1.29 is 28.5 Å². The van der Waals surface area contributed by atoms with Gasteiger partial charge in [-0.3, -0.25) is 9.78 Å². The lowest BCUT2D eigenvalue weighted by atomic mass is 9.93. The summed E-state index contributed by atoms with van der Waals surface area (Å²) in [5.41, 5.74) is 3.84. The van der Waals surface area contributed by atoms with E-state index in [0.29, 0.717) is 5.56 Å². The first-order chi connectivity index (χ1) is 16.2. The van der Waals surface area contributed by atoms with Crippen molar-refractivity contribution in [3.63, 3.8) is 0 Å². The van der Waals surface area contributed by atoms with Crippen LogP contribution in [0, 0.1) is 17.7 Å². The van der Waals surface area contributed by atoms with Crippen LogP contribution in [0.4, 0.5) is 4.39 Å². The van der Waals surface area contributed by atoms with Crippen LogP contribution in [0.5, 0.6) is 0 Å². The van der Waals surface area contributed by atoms with E-state index in [0.717, 1.165) is 27.4 Å². The molecule has 2 unspecified atom stereocenters. The molecule has 2 heterocycles. The third-order valence-corrected chi connectivity index (χ3v) is 6.82. The molecule has 9 heteroatoms. The van der Waals surface area contributed by atoms with Gasteiger partial charge in [0.25, 0.3) is 0 Å². The van der Waals surface area contributed by atoms with Crippen molar-refractivity contribution >= 4 is 25.3 Å². The number of pyridine rings is 1. The molecule has 0 fully saturated rings. The summed E-state index contributed by atoms with van der Waals surface area (Å²) in [6.07, 6.45) is -2.03. The summed E-state index contributed by atoms with van der Waals surface area (Å²) in [5.74, 6) is 4.46. The van der Waals surface area contributed by atoms with Gasteiger partial charge >= 0.3 is 14.0 Å². The standard InChI is InChI=1S/C25H23FNO5PS/c1-16(2)25-20(5-3-11-32-33(31)15-19(28)13-24(29)30)21(17-7-9-18(26)10-8-17)14-22(27-25)23-6-4-12-34-23/h4,6-10,12,14,16,19,28H,11,13,15H2,1-2H3/p+1. The molecule has 1 aromatic carbocycles. The molecule has 3 rings (SSSR count). The Kier molecular flexibility index (Phi) is 9.03. The van der Waals surface area contributed by atoms with Crippen molar-refractivity contribution in [3.8, 4) is 33.5 Å². The molecule has 0 aliphatic heterocycles. The molecule has 0 aliphatic rings. The lowest BCUT2D eigenvalue weighted by Crippen LogP contribution is -2.15. The summed E-state index contributed by atoms with van der Waals surface area (Å²) < 4.78 is 30.7. The summed E-state index contributed by atoms with van der Waals surface area (Å²) in [6, 6.07) is 12.0. The molecular weight excluding hydrogens is 476 g/mol. The average molecular weight is 501 g/mol. The predicted octanol–water partition coefficient (Wildman–Crippen LogP) is 5.69. The highest BCUT2D eigenvalue weighted by atomic mass is 32.1. The minimum Gasteiger partial charge on any atom is -0.481 e. The van der Waals surface area contributed by atoms with Gasteiger partial charge in [-0.1, -0.05) is 43.9 Å². The van der Waals surface area contributed by atoms with Gasteiger partial charge in [0.1, 0.15) is 11.9 Å². The number of carbonyl (C=O) groups is 1. The van der Waals surface area contributed by atoms with Crippen molar-refractivity contribution in [3.05, 3.63) is 64.9 Å². The van der Waals surface area contributed by atoms with E-state index in [1.807, 2.05) is 37.4 Å². The Bertz CT molecular complexity index is 1220. The van der Waals surface area contributed by atoms with Crippen molar-refractivity contribution in [2.75, 3.05) is 12.8 Å². The number of benzene rings is 1. The number of carboxylic acid groups (broad SMARTS) is 1. The molecular formula is C25H24FNO5PS+. The highest BCUT2D eigenvalue weighted by molar-refractivity contribution is 7.39. The largest absolute Gasteiger partial charge is 0.511 e. The molecule has 34 heavy (non-hydrogen) atoms. The number of aliphatic hydroxyl groups is 1. The lowest BCUT2D eigenvalue weighted by molar-refractivity contribution is -0.138. The van der Waals surface area contributed by atoms with Gasteiger partial charge in [0.05, 0.1) is 28.2 Å². The first kappa shape index (κ1) is 25.7. The van der Waals surface area contributed by atoms with Gasteiger partial charge in [-0.15, -0.1) is 15.9 Å². The minimum atomic E-state index is -2.26. The average Bonchev–Trinajstić information content (AvgIpc) is 3.31. The smallest absolute Gasteiger partial charge is 0.481 e. The van der Waals surface area contributed by atoms with E-state index in [1.165, 1.54) is 12.1 Å². The van der Waals surface area contributed by atoms with Crippen LogP contribution in [0.25, 0.3) is 21.7 Å². The van der Waals surface area contributed by atoms with E-state index in [2.05, 4.69) is 11.8 Å². The molecule has 6 nitrogen and oxygen atoms in total. The number of hydrogen-bond acceptors (Lipinski definition) is 6. The lowest BCUT2D eigenvalue weighted by Gasteiger charge is -2.15. The Morgan fingerprint density at radius 2 is 2.00 bits per heavy atom. The van der Waals surface area contributed by atoms with E-state index >= 15 is 0 Å². The Hall–Kier alpha value is -2.95. The number of hydrogen-bond donors (Lipinski definition) is 2. The maximum atomic E-state index is 13.6. The van der Waals surface area contributed by atoms with Crippen molar-refractivity contribution in [2.24, 2.45) is 0 Å². The Morgan fingerprint density at radius 1 is 1.26 bits per heavy atom. The molecule has 0 spiro atoms. The molecule has 3 aromatic rings. The first-order valence-electron chi connectivity index (χ1n) is 10.6.